The lowest BCUT2D eigenvalue weighted by Gasteiger charge is -2.11. The molecule has 5 heteroatoms. The van der Waals surface area contributed by atoms with E-state index in [2.05, 4.69) is 5.10 Å². The number of halogens is 1. The Morgan fingerprint density at radius 1 is 1.47 bits per heavy atom. The van der Waals surface area contributed by atoms with Gasteiger partial charge in [0.25, 0.3) is 0 Å². The summed E-state index contributed by atoms with van der Waals surface area (Å²) < 4.78 is 15.4. The van der Waals surface area contributed by atoms with Crippen molar-refractivity contribution in [1.29, 1.82) is 0 Å². The highest BCUT2D eigenvalue weighted by Crippen LogP contribution is 2.34. The molecule has 0 radical (unpaired) electrons. The van der Waals surface area contributed by atoms with Gasteiger partial charge in [0.1, 0.15) is 5.82 Å². The zero-order chi connectivity index (χ0) is 12.4. The maximum Gasteiger partial charge on any atom is 0.137 e. The zero-order valence-corrected chi connectivity index (χ0v) is 10.4. The summed E-state index contributed by atoms with van der Waals surface area (Å²) in [7, 11) is 1.81. The second-order valence-corrected chi connectivity index (χ2v) is 4.87. The normalized spacial score (nSPS) is 12.7. The summed E-state index contributed by atoms with van der Waals surface area (Å²) in [6.07, 6.45) is 2.79. The molecule has 0 aliphatic carbocycles. The van der Waals surface area contributed by atoms with Gasteiger partial charge in [0.15, 0.2) is 0 Å². The van der Waals surface area contributed by atoms with Crippen LogP contribution in [0.4, 0.5) is 4.39 Å². The van der Waals surface area contributed by atoms with E-state index in [4.69, 9.17) is 0 Å². The molecule has 2 aromatic rings. The standard InChI is InChI=1S/C12H13FN2OS/c1-8(16)10-4-3-5-11(13)12(10)17-9-6-14-15(2)7-9/h3-8,16H,1-2H3/t8-/m0/s1. The van der Waals surface area contributed by atoms with E-state index in [-0.39, 0.29) is 5.82 Å². The molecule has 0 bridgehead atoms. The summed E-state index contributed by atoms with van der Waals surface area (Å²) in [6, 6.07) is 4.72. The molecule has 0 unspecified atom stereocenters. The second-order valence-electron chi connectivity index (χ2n) is 3.79. The van der Waals surface area contributed by atoms with Crippen LogP contribution in [-0.2, 0) is 7.05 Å². The molecule has 0 aliphatic heterocycles. The fourth-order valence-corrected chi connectivity index (χ4v) is 2.59. The van der Waals surface area contributed by atoms with Gasteiger partial charge in [-0.15, -0.1) is 0 Å². The van der Waals surface area contributed by atoms with Crippen LogP contribution >= 0.6 is 11.8 Å². The molecule has 1 aromatic carbocycles. The molecule has 17 heavy (non-hydrogen) atoms. The van der Waals surface area contributed by atoms with Crippen LogP contribution in [-0.4, -0.2) is 14.9 Å². The number of rotatable bonds is 3. The highest BCUT2D eigenvalue weighted by atomic mass is 32.2. The molecule has 3 nitrogen and oxygen atoms in total. The molecule has 1 atom stereocenters. The molecule has 2 rings (SSSR count). The number of aryl methyl sites for hydroxylation is 1. The number of aliphatic hydroxyl groups excluding tert-OH is 1. The van der Waals surface area contributed by atoms with Crippen LogP contribution in [0.3, 0.4) is 0 Å². The average Bonchev–Trinajstić information content (AvgIpc) is 2.67. The molecule has 1 aromatic heterocycles. The lowest BCUT2D eigenvalue weighted by Crippen LogP contribution is -1.96. The lowest BCUT2D eigenvalue weighted by atomic mass is 10.1. The summed E-state index contributed by atoms with van der Waals surface area (Å²) in [6.45, 7) is 1.63. The summed E-state index contributed by atoms with van der Waals surface area (Å²) in [5.41, 5.74) is 0.596. The van der Waals surface area contributed by atoms with E-state index in [1.807, 2.05) is 6.20 Å². The minimum atomic E-state index is -0.690. The van der Waals surface area contributed by atoms with Crippen LogP contribution < -0.4 is 0 Å². The van der Waals surface area contributed by atoms with E-state index in [1.165, 1.54) is 17.8 Å². The smallest absolute Gasteiger partial charge is 0.137 e. The van der Waals surface area contributed by atoms with Crippen molar-refractivity contribution in [3.05, 3.63) is 42.0 Å². The second kappa shape index (κ2) is 4.89. The molecule has 0 spiro atoms. The van der Waals surface area contributed by atoms with Crippen molar-refractivity contribution in [3.8, 4) is 0 Å². The predicted molar refractivity (Wildman–Crippen MR) is 64.4 cm³/mol. The van der Waals surface area contributed by atoms with Crippen molar-refractivity contribution in [3.63, 3.8) is 0 Å². The lowest BCUT2D eigenvalue weighted by molar-refractivity contribution is 0.195. The number of aliphatic hydroxyl groups is 1. The number of hydrogen-bond donors (Lipinski definition) is 1. The monoisotopic (exact) mass is 252 g/mol. The number of benzene rings is 1. The minimum absolute atomic E-state index is 0.322. The van der Waals surface area contributed by atoms with Gasteiger partial charge in [-0.05, 0) is 18.6 Å². The Hall–Kier alpha value is -1.33. The molecular formula is C12H13FN2OS. The minimum Gasteiger partial charge on any atom is -0.389 e. The van der Waals surface area contributed by atoms with Gasteiger partial charge in [-0.1, -0.05) is 23.9 Å². The molecule has 0 saturated carbocycles. The zero-order valence-electron chi connectivity index (χ0n) is 9.59. The van der Waals surface area contributed by atoms with Crippen molar-refractivity contribution < 1.29 is 9.50 Å². The summed E-state index contributed by atoms with van der Waals surface area (Å²) >= 11 is 1.27. The number of hydrogen-bond acceptors (Lipinski definition) is 3. The quantitative estimate of drug-likeness (QED) is 0.912. The first-order chi connectivity index (χ1) is 8.08. The van der Waals surface area contributed by atoms with Gasteiger partial charge in [0.2, 0.25) is 0 Å². The first-order valence-electron chi connectivity index (χ1n) is 5.21. The van der Waals surface area contributed by atoms with Crippen LogP contribution in [0.5, 0.6) is 0 Å². The third-order valence-corrected chi connectivity index (χ3v) is 3.43. The van der Waals surface area contributed by atoms with Crippen LogP contribution in [0.1, 0.15) is 18.6 Å². The Kier molecular flexibility index (Phi) is 3.49. The van der Waals surface area contributed by atoms with Gasteiger partial charge in [-0.3, -0.25) is 4.68 Å². The summed E-state index contributed by atoms with van der Waals surface area (Å²) in [5.74, 6) is -0.322. The van der Waals surface area contributed by atoms with E-state index in [0.717, 1.165) is 4.90 Å². The summed E-state index contributed by atoms with van der Waals surface area (Å²) in [5, 5.41) is 13.6. The van der Waals surface area contributed by atoms with Crippen LogP contribution in [0, 0.1) is 5.82 Å². The average molecular weight is 252 g/mol. The Balaban J connectivity index is 2.37. The molecular weight excluding hydrogens is 239 g/mol. The molecule has 90 valence electrons. The third kappa shape index (κ3) is 2.68. The molecule has 0 saturated heterocycles. The van der Waals surface area contributed by atoms with Gasteiger partial charge < -0.3 is 5.11 Å². The Morgan fingerprint density at radius 2 is 2.24 bits per heavy atom. The van der Waals surface area contributed by atoms with E-state index < -0.39 is 6.10 Å². The van der Waals surface area contributed by atoms with Gasteiger partial charge in [-0.25, -0.2) is 4.39 Å². The van der Waals surface area contributed by atoms with Crippen LogP contribution in [0.15, 0.2) is 40.4 Å². The number of nitrogens with zero attached hydrogens (tertiary/aromatic N) is 2. The highest BCUT2D eigenvalue weighted by molar-refractivity contribution is 7.99. The first kappa shape index (κ1) is 12.1. The molecule has 1 heterocycles. The molecule has 0 fully saturated rings. The first-order valence-corrected chi connectivity index (χ1v) is 6.02. The topological polar surface area (TPSA) is 38.1 Å². The highest BCUT2D eigenvalue weighted by Gasteiger charge is 2.14. The van der Waals surface area contributed by atoms with Crippen molar-refractivity contribution in [2.24, 2.45) is 7.05 Å². The predicted octanol–water partition coefficient (Wildman–Crippen LogP) is 2.76. The van der Waals surface area contributed by atoms with E-state index in [9.17, 15) is 9.50 Å². The van der Waals surface area contributed by atoms with Gasteiger partial charge in [0.05, 0.1) is 22.1 Å². The van der Waals surface area contributed by atoms with E-state index in [1.54, 1.807) is 37.0 Å². The number of aromatic nitrogens is 2. The van der Waals surface area contributed by atoms with Crippen molar-refractivity contribution in [2.75, 3.05) is 0 Å². The third-order valence-electron chi connectivity index (χ3n) is 2.35. The fourth-order valence-electron chi connectivity index (χ4n) is 1.53. The Labute approximate surface area is 103 Å². The van der Waals surface area contributed by atoms with Crippen LogP contribution in [0.25, 0.3) is 0 Å². The maximum absolute atomic E-state index is 13.7. The molecule has 1 N–H and O–H groups in total. The van der Waals surface area contributed by atoms with Gasteiger partial charge in [0, 0.05) is 13.2 Å². The van der Waals surface area contributed by atoms with E-state index in [0.29, 0.717) is 10.5 Å². The molecule has 0 aliphatic rings. The van der Waals surface area contributed by atoms with Crippen molar-refractivity contribution >= 4 is 11.8 Å². The van der Waals surface area contributed by atoms with Crippen molar-refractivity contribution in [2.45, 2.75) is 22.8 Å². The van der Waals surface area contributed by atoms with Crippen molar-refractivity contribution in [1.82, 2.24) is 9.78 Å². The Morgan fingerprint density at radius 3 is 2.82 bits per heavy atom. The summed E-state index contributed by atoms with van der Waals surface area (Å²) in [4.78, 5) is 1.30. The van der Waals surface area contributed by atoms with Crippen LogP contribution in [0.2, 0.25) is 0 Å². The largest absolute Gasteiger partial charge is 0.389 e. The maximum atomic E-state index is 13.7. The molecule has 0 amide bonds. The SMILES string of the molecule is C[C@H](O)c1cccc(F)c1Sc1cnn(C)c1. The van der Waals surface area contributed by atoms with Gasteiger partial charge in [-0.2, -0.15) is 5.10 Å². The fraction of sp³-hybridized carbons (Fsp3) is 0.250. The Bertz CT molecular complexity index is 525. The van der Waals surface area contributed by atoms with E-state index >= 15 is 0 Å². The van der Waals surface area contributed by atoms with Gasteiger partial charge >= 0.3 is 0 Å².